The maximum atomic E-state index is 12.2. The van der Waals surface area contributed by atoms with Gasteiger partial charge in [0.2, 0.25) is 5.91 Å². The van der Waals surface area contributed by atoms with Crippen LogP contribution in [0.3, 0.4) is 0 Å². The second-order valence-corrected chi connectivity index (χ2v) is 7.06. The summed E-state index contributed by atoms with van der Waals surface area (Å²) in [4.78, 5) is 17.0. The molecule has 2 atom stereocenters. The Morgan fingerprint density at radius 1 is 1.15 bits per heavy atom. The molecule has 2 unspecified atom stereocenters. The Bertz CT molecular complexity index is 524. The van der Waals surface area contributed by atoms with E-state index >= 15 is 0 Å². The lowest BCUT2D eigenvalue weighted by Crippen LogP contribution is -2.49. The standard InChI is InChI=1S/C19H30N4O.2ClH/c1-16-15-17(7-9-20-16)21-19(24)8-10-22-11-13-23(14-12-22)18-5-3-2-4-6-18;;/h2-6,16-17,20H,7-15H2,1H3,(H,21,24);2*1H. The van der Waals surface area contributed by atoms with Crippen molar-refractivity contribution in [2.75, 3.05) is 44.2 Å². The van der Waals surface area contributed by atoms with Gasteiger partial charge in [0.25, 0.3) is 0 Å². The van der Waals surface area contributed by atoms with Crippen molar-refractivity contribution in [2.24, 2.45) is 0 Å². The van der Waals surface area contributed by atoms with Gasteiger partial charge in [-0.1, -0.05) is 18.2 Å². The number of nitrogens with one attached hydrogen (secondary N) is 2. The van der Waals surface area contributed by atoms with Crippen molar-refractivity contribution in [1.82, 2.24) is 15.5 Å². The Labute approximate surface area is 169 Å². The molecule has 0 spiro atoms. The number of piperidine rings is 1. The van der Waals surface area contributed by atoms with Gasteiger partial charge in [0.15, 0.2) is 0 Å². The summed E-state index contributed by atoms with van der Waals surface area (Å²) in [6, 6.07) is 11.4. The van der Waals surface area contributed by atoms with E-state index in [9.17, 15) is 4.79 Å². The van der Waals surface area contributed by atoms with E-state index in [1.807, 2.05) is 0 Å². The van der Waals surface area contributed by atoms with Crippen LogP contribution in [0.5, 0.6) is 0 Å². The minimum Gasteiger partial charge on any atom is -0.369 e. The molecule has 0 aliphatic carbocycles. The number of halogens is 2. The molecule has 3 rings (SSSR count). The van der Waals surface area contributed by atoms with E-state index in [-0.39, 0.29) is 30.7 Å². The van der Waals surface area contributed by atoms with Crippen LogP contribution in [0, 0.1) is 0 Å². The molecule has 1 amide bonds. The van der Waals surface area contributed by atoms with Gasteiger partial charge in [-0.3, -0.25) is 9.69 Å². The summed E-state index contributed by atoms with van der Waals surface area (Å²) >= 11 is 0. The lowest BCUT2D eigenvalue weighted by molar-refractivity contribution is -0.122. The highest BCUT2D eigenvalue weighted by molar-refractivity contribution is 5.85. The summed E-state index contributed by atoms with van der Waals surface area (Å²) in [7, 11) is 0. The minimum absolute atomic E-state index is 0. The molecular weight excluding hydrogens is 371 g/mol. The van der Waals surface area contributed by atoms with Crippen molar-refractivity contribution in [3.05, 3.63) is 30.3 Å². The fraction of sp³-hybridized carbons (Fsp3) is 0.632. The van der Waals surface area contributed by atoms with E-state index in [1.165, 1.54) is 5.69 Å². The van der Waals surface area contributed by atoms with Crippen LogP contribution in [0.1, 0.15) is 26.2 Å². The van der Waals surface area contributed by atoms with E-state index in [0.29, 0.717) is 18.5 Å². The maximum absolute atomic E-state index is 12.2. The van der Waals surface area contributed by atoms with Crippen molar-refractivity contribution in [1.29, 1.82) is 0 Å². The largest absolute Gasteiger partial charge is 0.369 e. The van der Waals surface area contributed by atoms with Gasteiger partial charge in [-0.25, -0.2) is 0 Å². The molecule has 26 heavy (non-hydrogen) atoms. The van der Waals surface area contributed by atoms with E-state index in [4.69, 9.17) is 0 Å². The van der Waals surface area contributed by atoms with Crippen LogP contribution in [-0.4, -0.2) is 62.2 Å². The van der Waals surface area contributed by atoms with E-state index < -0.39 is 0 Å². The van der Waals surface area contributed by atoms with E-state index in [1.54, 1.807) is 0 Å². The number of carbonyl (C=O) groups is 1. The Balaban J connectivity index is 0.00000169. The SMILES string of the molecule is CC1CC(NC(=O)CCN2CCN(c3ccccc3)CC2)CCN1.Cl.Cl. The fourth-order valence-corrected chi connectivity index (χ4v) is 3.69. The van der Waals surface area contributed by atoms with Crippen molar-refractivity contribution in [3.63, 3.8) is 0 Å². The first-order chi connectivity index (χ1) is 11.7. The molecule has 7 heteroatoms. The lowest BCUT2D eigenvalue weighted by Gasteiger charge is -2.36. The smallest absolute Gasteiger partial charge is 0.221 e. The van der Waals surface area contributed by atoms with Gasteiger partial charge < -0.3 is 15.5 Å². The van der Waals surface area contributed by atoms with Crippen LogP contribution < -0.4 is 15.5 Å². The monoisotopic (exact) mass is 402 g/mol. The molecule has 148 valence electrons. The number of hydrogen-bond donors (Lipinski definition) is 2. The Hall–Kier alpha value is -1.01. The van der Waals surface area contributed by atoms with Gasteiger partial charge in [-0.2, -0.15) is 0 Å². The molecule has 2 N–H and O–H groups in total. The normalized spacial score (nSPS) is 23.5. The summed E-state index contributed by atoms with van der Waals surface area (Å²) in [5.41, 5.74) is 1.30. The number of para-hydroxylation sites is 1. The Morgan fingerprint density at radius 2 is 1.85 bits per heavy atom. The van der Waals surface area contributed by atoms with Gasteiger partial charge >= 0.3 is 0 Å². The second kappa shape index (κ2) is 11.7. The second-order valence-electron chi connectivity index (χ2n) is 7.06. The number of rotatable bonds is 5. The Morgan fingerprint density at radius 3 is 2.50 bits per heavy atom. The lowest BCUT2D eigenvalue weighted by atomic mass is 10.0. The van der Waals surface area contributed by atoms with Crippen LogP contribution in [-0.2, 0) is 4.79 Å². The highest BCUT2D eigenvalue weighted by Crippen LogP contribution is 2.15. The fourth-order valence-electron chi connectivity index (χ4n) is 3.69. The number of carbonyl (C=O) groups excluding carboxylic acids is 1. The van der Waals surface area contributed by atoms with E-state index in [0.717, 1.165) is 52.1 Å². The summed E-state index contributed by atoms with van der Waals surface area (Å²) in [6.07, 6.45) is 2.71. The molecule has 2 aliphatic rings. The quantitative estimate of drug-likeness (QED) is 0.792. The number of hydrogen-bond acceptors (Lipinski definition) is 4. The molecule has 2 fully saturated rings. The molecule has 2 aliphatic heterocycles. The van der Waals surface area contributed by atoms with Crippen molar-refractivity contribution < 1.29 is 4.79 Å². The minimum atomic E-state index is 0. The first-order valence-electron chi connectivity index (χ1n) is 9.26. The Kier molecular flexibility index (Phi) is 10.3. The molecule has 5 nitrogen and oxygen atoms in total. The van der Waals surface area contributed by atoms with Gasteiger partial charge in [-0.05, 0) is 38.4 Å². The maximum Gasteiger partial charge on any atom is 0.221 e. The highest BCUT2D eigenvalue weighted by atomic mass is 35.5. The molecule has 0 saturated carbocycles. The van der Waals surface area contributed by atoms with Gasteiger partial charge in [0.1, 0.15) is 0 Å². The van der Waals surface area contributed by atoms with Gasteiger partial charge in [0, 0.05) is 56.9 Å². The number of piperazine rings is 1. The van der Waals surface area contributed by atoms with Gasteiger partial charge in [0.05, 0.1) is 0 Å². The number of anilines is 1. The first kappa shape index (κ1) is 23.0. The average Bonchev–Trinajstić information content (AvgIpc) is 2.61. The number of nitrogens with zero attached hydrogens (tertiary/aromatic N) is 2. The number of amides is 1. The highest BCUT2D eigenvalue weighted by Gasteiger charge is 2.21. The molecule has 0 bridgehead atoms. The molecule has 1 aromatic carbocycles. The summed E-state index contributed by atoms with van der Waals surface area (Å²) in [6.45, 7) is 8.21. The predicted octanol–water partition coefficient (Wildman–Crippen LogP) is 2.30. The first-order valence-corrected chi connectivity index (χ1v) is 9.26. The van der Waals surface area contributed by atoms with Crippen molar-refractivity contribution in [3.8, 4) is 0 Å². The molecule has 2 heterocycles. The zero-order chi connectivity index (χ0) is 16.8. The summed E-state index contributed by atoms with van der Waals surface area (Å²) < 4.78 is 0. The third-order valence-corrected chi connectivity index (χ3v) is 5.14. The van der Waals surface area contributed by atoms with E-state index in [2.05, 4.69) is 57.7 Å². The van der Waals surface area contributed by atoms with Crippen LogP contribution in [0.2, 0.25) is 0 Å². The zero-order valence-electron chi connectivity index (χ0n) is 15.5. The molecular formula is C19H32Cl2N4O. The number of benzene rings is 1. The van der Waals surface area contributed by atoms with Gasteiger partial charge in [-0.15, -0.1) is 24.8 Å². The third kappa shape index (κ3) is 6.95. The predicted molar refractivity (Wildman–Crippen MR) is 113 cm³/mol. The zero-order valence-corrected chi connectivity index (χ0v) is 17.2. The summed E-state index contributed by atoms with van der Waals surface area (Å²) in [5.74, 6) is 0.208. The topological polar surface area (TPSA) is 47.6 Å². The van der Waals surface area contributed by atoms with Crippen LogP contribution in [0.25, 0.3) is 0 Å². The van der Waals surface area contributed by atoms with Crippen molar-refractivity contribution in [2.45, 2.75) is 38.3 Å². The van der Waals surface area contributed by atoms with Crippen LogP contribution >= 0.6 is 24.8 Å². The van der Waals surface area contributed by atoms with Crippen molar-refractivity contribution >= 4 is 36.4 Å². The molecule has 1 aromatic rings. The molecule has 2 saturated heterocycles. The third-order valence-electron chi connectivity index (χ3n) is 5.14. The average molecular weight is 403 g/mol. The molecule has 0 aromatic heterocycles. The molecule has 0 radical (unpaired) electrons. The van der Waals surface area contributed by atoms with Crippen LogP contribution in [0.4, 0.5) is 5.69 Å². The summed E-state index contributed by atoms with van der Waals surface area (Å²) in [5, 5.41) is 6.63. The van der Waals surface area contributed by atoms with Crippen LogP contribution in [0.15, 0.2) is 30.3 Å².